The largest absolute Gasteiger partial charge is 0.365 e. The molecule has 8 heteroatoms. The summed E-state index contributed by atoms with van der Waals surface area (Å²) in [5.41, 5.74) is 6.55. The van der Waals surface area contributed by atoms with Crippen molar-refractivity contribution >= 4 is 45.3 Å². The van der Waals surface area contributed by atoms with Crippen LogP contribution in [0.25, 0.3) is 38.6 Å². The highest BCUT2D eigenvalue weighted by Crippen LogP contribution is 2.44. The molecule has 2 fully saturated rings. The molecule has 0 radical (unpaired) electrons. The third-order valence-electron chi connectivity index (χ3n) is 9.57. The van der Waals surface area contributed by atoms with Gasteiger partial charge in [-0.1, -0.05) is 37.5 Å². The minimum Gasteiger partial charge on any atom is -0.365 e. The number of aliphatic hydroxyl groups is 2. The van der Waals surface area contributed by atoms with Crippen LogP contribution in [-0.4, -0.2) is 36.5 Å². The second kappa shape index (κ2) is 11.1. The highest BCUT2D eigenvalue weighted by atomic mass is 32.1. The Morgan fingerprint density at radius 1 is 1.07 bits per heavy atom. The minimum absolute atomic E-state index is 0.0725. The fraction of sp³-hybridized carbons (Fsp3) is 0.371. The van der Waals surface area contributed by atoms with E-state index in [2.05, 4.69) is 51.0 Å². The summed E-state index contributed by atoms with van der Waals surface area (Å²) in [5.74, 6) is 0.780. The molecule has 7 nitrogen and oxygen atoms in total. The molecule has 3 aromatic heterocycles. The van der Waals surface area contributed by atoms with Crippen LogP contribution in [0.3, 0.4) is 0 Å². The van der Waals surface area contributed by atoms with Crippen molar-refractivity contribution < 1.29 is 15.0 Å². The molecule has 0 spiro atoms. The Balaban J connectivity index is 1.23. The van der Waals surface area contributed by atoms with Gasteiger partial charge in [-0.25, -0.2) is 4.98 Å². The molecule has 5 aromatic rings. The summed E-state index contributed by atoms with van der Waals surface area (Å²) in [7, 11) is 1.99. The molecule has 43 heavy (non-hydrogen) atoms. The van der Waals surface area contributed by atoms with Crippen molar-refractivity contribution in [3.63, 3.8) is 0 Å². The molecule has 0 saturated heterocycles. The van der Waals surface area contributed by atoms with Gasteiger partial charge in [0.2, 0.25) is 0 Å². The Morgan fingerprint density at radius 2 is 1.88 bits per heavy atom. The third kappa shape index (κ3) is 4.91. The van der Waals surface area contributed by atoms with E-state index in [1.807, 2.05) is 31.3 Å². The van der Waals surface area contributed by atoms with E-state index in [-0.39, 0.29) is 5.91 Å². The van der Waals surface area contributed by atoms with Crippen molar-refractivity contribution in [2.45, 2.75) is 76.2 Å². The van der Waals surface area contributed by atoms with Gasteiger partial charge in [-0.2, -0.15) is 0 Å². The van der Waals surface area contributed by atoms with Gasteiger partial charge in [0.25, 0.3) is 5.91 Å². The Labute approximate surface area is 255 Å². The molecule has 3 N–H and O–H groups in total. The standard InChI is InChI=1S/C35H38N4O3S/c1-22-26-21-24(13-15-28(26)39(25-8-4-3-5-9-25)32(22)30-10-6-19-43-30)33(42)37-35(17-7-18-35)34-36-27-14-11-23(12-16-31(40)41)20-29(27)38(34)2/h6,10-16,19-21,25,31,40-41H,3-5,7-9,17-18H2,1-2H3,(H,37,42)/b16-12+. The summed E-state index contributed by atoms with van der Waals surface area (Å²) in [6.07, 6.45) is 10.5. The summed E-state index contributed by atoms with van der Waals surface area (Å²) in [5, 5.41) is 25.1. The van der Waals surface area contributed by atoms with Crippen LogP contribution in [0.1, 0.15) is 84.7 Å². The summed E-state index contributed by atoms with van der Waals surface area (Å²) in [4.78, 5) is 20.2. The number of rotatable bonds is 7. The number of aromatic nitrogens is 3. The van der Waals surface area contributed by atoms with Gasteiger partial charge in [0.1, 0.15) is 5.82 Å². The van der Waals surface area contributed by atoms with E-state index in [0.29, 0.717) is 11.6 Å². The van der Waals surface area contributed by atoms with Crippen LogP contribution in [0.15, 0.2) is 60.0 Å². The van der Waals surface area contributed by atoms with E-state index in [1.54, 1.807) is 17.4 Å². The van der Waals surface area contributed by atoms with Gasteiger partial charge >= 0.3 is 0 Å². The van der Waals surface area contributed by atoms with Gasteiger partial charge in [0.05, 0.1) is 27.1 Å². The average Bonchev–Trinajstić information content (AvgIpc) is 3.71. The number of amides is 1. The van der Waals surface area contributed by atoms with Crippen LogP contribution in [0.5, 0.6) is 0 Å². The van der Waals surface area contributed by atoms with Gasteiger partial charge in [0.15, 0.2) is 6.29 Å². The molecule has 7 rings (SSSR count). The van der Waals surface area contributed by atoms with Gasteiger partial charge in [-0.3, -0.25) is 4.79 Å². The number of aryl methyl sites for hydroxylation is 2. The lowest BCUT2D eigenvalue weighted by atomic mass is 9.75. The number of benzene rings is 2. The summed E-state index contributed by atoms with van der Waals surface area (Å²) < 4.78 is 4.63. The van der Waals surface area contributed by atoms with Crippen molar-refractivity contribution in [1.82, 2.24) is 19.4 Å². The Morgan fingerprint density at radius 3 is 2.58 bits per heavy atom. The predicted molar refractivity (Wildman–Crippen MR) is 173 cm³/mol. The lowest BCUT2D eigenvalue weighted by Gasteiger charge is -2.41. The molecule has 0 aliphatic heterocycles. The smallest absolute Gasteiger partial charge is 0.252 e. The quantitative estimate of drug-likeness (QED) is 0.174. The Hall–Kier alpha value is -3.72. The predicted octanol–water partition coefficient (Wildman–Crippen LogP) is 7.20. The number of nitrogens with zero attached hydrogens (tertiary/aromatic N) is 3. The summed E-state index contributed by atoms with van der Waals surface area (Å²) >= 11 is 1.78. The van der Waals surface area contributed by atoms with Gasteiger partial charge in [0, 0.05) is 29.6 Å². The molecule has 0 atom stereocenters. The van der Waals surface area contributed by atoms with Crippen molar-refractivity contribution in [3.05, 3.63) is 82.5 Å². The lowest BCUT2D eigenvalue weighted by molar-refractivity contribution is 0.00303. The molecule has 222 valence electrons. The summed E-state index contributed by atoms with van der Waals surface area (Å²) in [6.45, 7) is 2.20. The number of imidazole rings is 1. The van der Waals surface area contributed by atoms with Crippen LogP contribution in [0, 0.1) is 6.92 Å². The van der Waals surface area contributed by atoms with Crippen molar-refractivity contribution in [2.75, 3.05) is 0 Å². The fourth-order valence-corrected chi connectivity index (χ4v) is 8.04. The topological polar surface area (TPSA) is 92.3 Å². The van der Waals surface area contributed by atoms with Gasteiger partial charge in [-0.05, 0) is 98.0 Å². The molecule has 2 aliphatic carbocycles. The lowest BCUT2D eigenvalue weighted by Crippen LogP contribution is -2.52. The van der Waals surface area contributed by atoms with Crippen molar-refractivity contribution in [1.29, 1.82) is 0 Å². The maximum Gasteiger partial charge on any atom is 0.252 e. The van der Waals surface area contributed by atoms with Gasteiger partial charge < -0.3 is 24.7 Å². The third-order valence-corrected chi connectivity index (χ3v) is 10.4. The van der Waals surface area contributed by atoms with Crippen LogP contribution in [-0.2, 0) is 12.6 Å². The molecule has 2 aliphatic rings. The maximum absolute atomic E-state index is 13.9. The first kappa shape index (κ1) is 28.1. The monoisotopic (exact) mass is 594 g/mol. The van der Waals surface area contributed by atoms with Crippen LogP contribution < -0.4 is 5.32 Å². The zero-order valence-corrected chi connectivity index (χ0v) is 25.5. The molecule has 0 bridgehead atoms. The number of hydrogen-bond acceptors (Lipinski definition) is 5. The zero-order chi connectivity index (χ0) is 29.7. The van der Waals surface area contributed by atoms with E-state index >= 15 is 0 Å². The van der Waals surface area contributed by atoms with E-state index in [0.717, 1.165) is 47.1 Å². The Bertz CT molecular complexity index is 1840. The SMILES string of the molecule is Cc1c(-c2cccs2)n(C2CCCCC2)c2ccc(C(=O)NC3(c4nc5ccc(/C=C/C(O)O)cc5n4C)CCC3)cc12. The number of hydrogen-bond donors (Lipinski definition) is 3. The first-order valence-corrected chi connectivity index (χ1v) is 16.2. The maximum atomic E-state index is 13.9. The number of fused-ring (bicyclic) bond motifs is 2. The van der Waals surface area contributed by atoms with E-state index in [1.165, 1.54) is 59.8 Å². The van der Waals surface area contributed by atoms with E-state index < -0.39 is 11.8 Å². The number of aliphatic hydroxyl groups excluding tert-OH is 1. The molecule has 3 heterocycles. The molecule has 2 saturated carbocycles. The Kier molecular flexibility index (Phi) is 7.24. The second-order valence-corrected chi connectivity index (χ2v) is 13.2. The minimum atomic E-state index is -1.50. The molecule has 1 amide bonds. The van der Waals surface area contributed by atoms with Crippen LogP contribution >= 0.6 is 11.3 Å². The van der Waals surface area contributed by atoms with Gasteiger partial charge in [-0.15, -0.1) is 11.3 Å². The number of nitrogens with one attached hydrogen (secondary N) is 1. The highest BCUT2D eigenvalue weighted by molar-refractivity contribution is 7.13. The van der Waals surface area contributed by atoms with E-state index in [9.17, 15) is 15.0 Å². The number of thiophene rings is 1. The van der Waals surface area contributed by atoms with Crippen molar-refractivity contribution in [2.24, 2.45) is 7.05 Å². The number of carbonyl (C=O) groups is 1. The normalized spacial score (nSPS) is 17.3. The first-order valence-electron chi connectivity index (χ1n) is 15.4. The summed E-state index contributed by atoms with van der Waals surface area (Å²) in [6, 6.07) is 16.9. The average molecular weight is 595 g/mol. The molecular weight excluding hydrogens is 556 g/mol. The molecule has 2 aromatic carbocycles. The van der Waals surface area contributed by atoms with Crippen LogP contribution in [0.2, 0.25) is 0 Å². The zero-order valence-electron chi connectivity index (χ0n) is 24.7. The molecular formula is C35H38N4O3S. The first-order chi connectivity index (χ1) is 20.8. The highest BCUT2D eigenvalue weighted by Gasteiger charge is 2.44. The second-order valence-electron chi connectivity index (χ2n) is 12.2. The van der Waals surface area contributed by atoms with Crippen molar-refractivity contribution in [3.8, 4) is 10.6 Å². The van der Waals surface area contributed by atoms with Crippen LogP contribution in [0.4, 0.5) is 0 Å². The molecule has 0 unspecified atom stereocenters. The number of carbonyl (C=O) groups excluding carboxylic acids is 1. The fourth-order valence-electron chi connectivity index (χ4n) is 7.21. The van der Waals surface area contributed by atoms with E-state index in [4.69, 9.17) is 4.98 Å².